The van der Waals surface area contributed by atoms with Crippen molar-refractivity contribution in [1.82, 2.24) is 4.31 Å². The SMILES string of the molecule is Cc1ccc(S(=O)(=O)N(C#CCC(C)O)Cc2ccccc2)cc1. The van der Waals surface area contributed by atoms with Gasteiger partial charge in [-0.05, 0) is 31.5 Å². The molecule has 2 aromatic carbocycles. The summed E-state index contributed by atoms with van der Waals surface area (Å²) in [5, 5.41) is 9.33. The first kappa shape index (κ1) is 18.1. The highest BCUT2D eigenvalue weighted by molar-refractivity contribution is 7.89. The summed E-state index contributed by atoms with van der Waals surface area (Å²) < 4.78 is 26.9. The van der Waals surface area contributed by atoms with Crippen molar-refractivity contribution in [2.75, 3.05) is 0 Å². The van der Waals surface area contributed by atoms with Gasteiger partial charge in [-0.3, -0.25) is 0 Å². The number of benzene rings is 2. The molecule has 4 nitrogen and oxygen atoms in total. The van der Waals surface area contributed by atoms with E-state index in [-0.39, 0.29) is 17.9 Å². The highest BCUT2D eigenvalue weighted by Crippen LogP contribution is 2.18. The van der Waals surface area contributed by atoms with Crippen molar-refractivity contribution in [2.45, 2.75) is 37.8 Å². The molecule has 0 radical (unpaired) electrons. The highest BCUT2D eigenvalue weighted by Gasteiger charge is 2.22. The second-order valence-electron chi connectivity index (χ2n) is 5.65. The van der Waals surface area contributed by atoms with Gasteiger partial charge in [-0.25, -0.2) is 12.7 Å². The number of aliphatic hydroxyl groups excluding tert-OH is 1. The van der Waals surface area contributed by atoms with Crippen LogP contribution in [0, 0.1) is 18.9 Å². The minimum absolute atomic E-state index is 0.157. The van der Waals surface area contributed by atoms with Crippen molar-refractivity contribution in [2.24, 2.45) is 0 Å². The molecule has 0 heterocycles. The van der Waals surface area contributed by atoms with E-state index in [9.17, 15) is 13.5 Å². The summed E-state index contributed by atoms with van der Waals surface area (Å²) in [4.78, 5) is 0.204. The van der Waals surface area contributed by atoms with Crippen LogP contribution in [0.25, 0.3) is 0 Å². The average molecular weight is 343 g/mol. The summed E-state index contributed by atoms with van der Waals surface area (Å²) in [6, 6.07) is 18.7. The van der Waals surface area contributed by atoms with Crippen LogP contribution in [0.1, 0.15) is 24.5 Å². The lowest BCUT2D eigenvalue weighted by molar-refractivity contribution is 0.201. The number of aryl methyl sites for hydroxylation is 1. The summed E-state index contributed by atoms with van der Waals surface area (Å²) in [7, 11) is -3.74. The Morgan fingerprint density at radius 1 is 1.08 bits per heavy atom. The third-order valence-electron chi connectivity index (χ3n) is 3.38. The average Bonchev–Trinajstić information content (AvgIpc) is 2.55. The molecule has 2 aromatic rings. The molecule has 0 spiro atoms. The zero-order valence-electron chi connectivity index (χ0n) is 13.8. The lowest BCUT2D eigenvalue weighted by atomic mass is 10.2. The predicted octanol–water partition coefficient (Wildman–Crippen LogP) is 2.92. The summed E-state index contributed by atoms with van der Waals surface area (Å²) in [5.74, 6) is 2.74. The van der Waals surface area contributed by atoms with Crippen LogP contribution in [-0.2, 0) is 16.6 Å². The lowest BCUT2D eigenvalue weighted by Crippen LogP contribution is -2.26. The first-order chi connectivity index (χ1) is 11.4. The molecule has 24 heavy (non-hydrogen) atoms. The Labute approximate surface area is 143 Å². The number of rotatable bonds is 5. The molecule has 0 saturated heterocycles. The Balaban J connectivity index is 2.36. The Kier molecular flexibility index (Phi) is 6.02. The zero-order chi connectivity index (χ0) is 17.6. The van der Waals surface area contributed by atoms with E-state index >= 15 is 0 Å². The molecule has 0 fully saturated rings. The maximum absolute atomic E-state index is 12.9. The molecule has 1 atom stereocenters. The number of hydrogen-bond donors (Lipinski definition) is 1. The molecule has 126 valence electrons. The maximum atomic E-state index is 12.9. The van der Waals surface area contributed by atoms with Crippen molar-refractivity contribution < 1.29 is 13.5 Å². The van der Waals surface area contributed by atoms with Crippen LogP contribution in [0.3, 0.4) is 0 Å². The zero-order valence-corrected chi connectivity index (χ0v) is 14.6. The van der Waals surface area contributed by atoms with E-state index in [1.807, 2.05) is 37.3 Å². The molecule has 0 aliphatic carbocycles. The van der Waals surface area contributed by atoms with Crippen LogP contribution < -0.4 is 0 Å². The number of aliphatic hydroxyl groups is 1. The standard InChI is InChI=1S/C19H21NO3S/c1-16-10-12-19(13-11-16)24(22,23)20(14-6-7-17(2)21)15-18-8-4-3-5-9-18/h3-5,8-13,17,21H,7,15H2,1-2H3. The van der Waals surface area contributed by atoms with Gasteiger partial charge in [-0.15, -0.1) is 0 Å². The minimum atomic E-state index is -3.74. The molecular weight excluding hydrogens is 322 g/mol. The fourth-order valence-corrected chi connectivity index (χ4v) is 3.29. The molecule has 1 unspecified atom stereocenters. The lowest BCUT2D eigenvalue weighted by Gasteiger charge is -2.18. The summed E-state index contributed by atoms with van der Waals surface area (Å²) in [6.45, 7) is 3.68. The normalized spacial score (nSPS) is 12.1. The molecule has 0 aliphatic heterocycles. The number of nitrogens with zero attached hydrogens (tertiary/aromatic N) is 1. The van der Waals surface area contributed by atoms with E-state index in [0.717, 1.165) is 15.4 Å². The minimum Gasteiger partial charge on any atom is -0.392 e. The Bertz CT molecular complexity index is 816. The van der Waals surface area contributed by atoms with Gasteiger partial charge in [-0.1, -0.05) is 53.9 Å². The first-order valence-electron chi connectivity index (χ1n) is 7.69. The second kappa shape index (κ2) is 8.00. The highest BCUT2D eigenvalue weighted by atomic mass is 32.2. The first-order valence-corrected chi connectivity index (χ1v) is 9.13. The van der Waals surface area contributed by atoms with Crippen LogP contribution >= 0.6 is 0 Å². The van der Waals surface area contributed by atoms with Crippen LogP contribution in [0.5, 0.6) is 0 Å². The van der Waals surface area contributed by atoms with Gasteiger partial charge in [0.2, 0.25) is 0 Å². The Morgan fingerprint density at radius 3 is 2.29 bits per heavy atom. The number of hydrogen-bond acceptors (Lipinski definition) is 3. The van der Waals surface area contributed by atoms with Crippen molar-refractivity contribution in [3.63, 3.8) is 0 Å². The van der Waals surface area contributed by atoms with Crippen LogP contribution in [0.4, 0.5) is 0 Å². The molecular formula is C19H21NO3S. The molecule has 5 heteroatoms. The fraction of sp³-hybridized carbons (Fsp3) is 0.263. The van der Waals surface area contributed by atoms with Crippen molar-refractivity contribution in [3.05, 3.63) is 65.7 Å². The summed E-state index contributed by atoms with van der Waals surface area (Å²) in [6.07, 6.45) is -0.382. The third kappa shape index (κ3) is 4.85. The van der Waals surface area contributed by atoms with E-state index in [1.165, 1.54) is 0 Å². The van der Waals surface area contributed by atoms with Gasteiger partial charge in [0, 0.05) is 12.5 Å². The van der Waals surface area contributed by atoms with E-state index < -0.39 is 16.1 Å². The fourth-order valence-electron chi connectivity index (χ4n) is 2.05. The van der Waals surface area contributed by atoms with Gasteiger partial charge >= 0.3 is 0 Å². The summed E-state index contributed by atoms with van der Waals surface area (Å²) in [5.41, 5.74) is 1.84. The monoisotopic (exact) mass is 343 g/mol. The van der Waals surface area contributed by atoms with Crippen LogP contribution in [0.2, 0.25) is 0 Å². The molecule has 0 amide bonds. The summed E-state index contributed by atoms with van der Waals surface area (Å²) >= 11 is 0. The van der Waals surface area contributed by atoms with E-state index in [4.69, 9.17) is 0 Å². The van der Waals surface area contributed by atoms with E-state index in [2.05, 4.69) is 12.0 Å². The van der Waals surface area contributed by atoms with E-state index in [1.54, 1.807) is 31.2 Å². The van der Waals surface area contributed by atoms with Crippen molar-refractivity contribution in [1.29, 1.82) is 0 Å². The van der Waals surface area contributed by atoms with Gasteiger partial charge in [-0.2, -0.15) is 0 Å². The molecule has 2 rings (SSSR count). The molecule has 0 aliphatic rings. The van der Waals surface area contributed by atoms with Gasteiger partial charge in [0.1, 0.15) is 0 Å². The maximum Gasteiger partial charge on any atom is 0.271 e. The Morgan fingerprint density at radius 2 is 1.71 bits per heavy atom. The van der Waals surface area contributed by atoms with Gasteiger partial charge in [0.05, 0.1) is 17.5 Å². The molecule has 0 aromatic heterocycles. The molecule has 0 saturated carbocycles. The van der Waals surface area contributed by atoms with Gasteiger partial charge in [0.15, 0.2) is 0 Å². The number of sulfonamides is 1. The predicted molar refractivity (Wildman–Crippen MR) is 94.4 cm³/mol. The van der Waals surface area contributed by atoms with Crippen molar-refractivity contribution in [3.8, 4) is 12.0 Å². The van der Waals surface area contributed by atoms with Crippen LogP contribution in [-0.4, -0.2) is 23.9 Å². The van der Waals surface area contributed by atoms with Crippen molar-refractivity contribution >= 4 is 10.0 Å². The van der Waals surface area contributed by atoms with Crippen LogP contribution in [0.15, 0.2) is 59.5 Å². The van der Waals surface area contributed by atoms with E-state index in [0.29, 0.717) is 0 Å². The molecule has 0 bridgehead atoms. The van der Waals surface area contributed by atoms with Gasteiger partial charge in [0.25, 0.3) is 10.0 Å². The topological polar surface area (TPSA) is 57.6 Å². The Hall–Kier alpha value is -2.29. The quantitative estimate of drug-likeness (QED) is 0.671. The second-order valence-corrected chi connectivity index (χ2v) is 7.51. The smallest absolute Gasteiger partial charge is 0.271 e. The molecule has 1 N–H and O–H groups in total. The van der Waals surface area contributed by atoms with Gasteiger partial charge < -0.3 is 5.11 Å². The largest absolute Gasteiger partial charge is 0.392 e. The third-order valence-corrected chi connectivity index (χ3v) is 5.05.